The quantitative estimate of drug-likeness (QED) is 0.434. The maximum Gasteiger partial charge on any atom is 0.135 e. The smallest absolute Gasteiger partial charge is 0.135 e. The number of hydrogen-bond donors (Lipinski definition) is 2. The van der Waals surface area contributed by atoms with E-state index in [1.165, 1.54) is 5.56 Å². The number of phenols is 2. The molecule has 0 fully saturated rings. The topological polar surface area (TPSA) is 49.7 Å². The van der Waals surface area contributed by atoms with E-state index in [2.05, 4.69) is 43.3 Å². The van der Waals surface area contributed by atoms with Crippen LogP contribution >= 0.6 is 0 Å². The summed E-state index contributed by atoms with van der Waals surface area (Å²) in [5.41, 5.74) is 4.90. The molecular formula is C26H20O3. The molecule has 0 bridgehead atoms. The van der Waals surface area contributed by atoms with Crippen molar-refractivity contribution in [3.63, 3.8) is 0 Å². The van der Waals surface area contributed by atoms with Gasteiger partial charge in [0.15, 0.2) is 0 Å². The number of fused-ring (bicyclic) bond motifs is 2. The molecular weight excluding hydrogens is 360 g/mol. The molecule has 142 valence electrons. The highest BCUT2D eigenvalue weighted by molar-refractivity contribution is 5.68. The van der Waals surface area contributed by atoms with E-state index in [9.17, 15) is 10.2 Å². The van der Waals surface area contributed by atoms with Crippen molar-refractivity contribution in [1.82, 2.24) is 0 Å². The molecule has 1 heterocycles. The molecule has 0 atom stereocenters. The molecule has 5 rings (SSSR count). The summed E-state index contributed by atoms with van der Waals surface area (Å²) in [6.45, 7) is 2.15. The van der Waals surface area contributed by atoms with Crippen molar-refractivity contribution < 1.29 is 14.9 Å². The zero-order valence-corrected chi connectivity index (χ0v) is 16.0. The number of rotatable bonds is 2. The van der Waals surface area contributed by atoms with Crippen LogP contribution in [0.4, 0.5) is 0 Å². The minimum atomic E-state index is -0.487. The van der Waals surface area contributed by atoms with Crippen LogP contribution in [0, 0.1) is 0 Å². The minimum Gasteiger partial charge on any atom is -0.508 e. The van der Waals surface area contributed by atoms with Crippen molar-refractivity contribution >= 4 is 0 Å². The largest absolute Gasteiger partial charge is 0.508 e. The molecule has 0 spiro atoms. The first-order chi connectivity index (χ1) is 14.1. The predicted molar refractivity (Wildman–Crippen MR) is 114 cm³/mol. The van der Waals surface area contributed by atoms with Gasteiger partial charge >= 0.3 is 0 Å². The standard InChI is InChI=1S/C26H20O3/c1-26(19-9-7-18(8-10-19)17-5-3-2-4-6-17)22-13-11-20(27)15-24(22)29-25-16-21(28)12-14-23(25)26/h2-16,27-28H,1H3. The number of ether oxygens (including phenoxy) is 1. The van der Waals surface area contributed by atoms with Crippen LogP contribution in [0.5, 0.6) is 23.0 Å². The third-order valence-corrected chi connectivity index (χ3v) is 5.80. The number of benzene rings is 4. The third kappa shape index (κ3) is 2.74. The van der Waals surface area contributed by atoms with E-state index in [4.69, 9.17) is 4.74 Å². The SMILES string of the molecule is CC1(c2ccc(-c3ccccc3)cc2)c2ccc(O)cc2Oc2cc(O)ccc21. The average Bonchev–Trinajstić information content (AvgIpc) is 2.74. The van der Waals surface area contributed by atoms with Crippen LogP contribution in [0.1, 0.15) is 23.6 Å². The lowest BCUT2D eigenvalue weighted by Crippen LogP contribution is -2.29. The van der Waals surface area contributed by atoms with Crippen molar-refractivity contribution in [2.24, 2.45) is 0 Å². The summed E-state index contributed by atoms with van der Waals surface area (Å²) in [5.74, 6) is 1.48. The van der Waals surface area contributed by atoms with Crippen LogP contribution < -0.4 is 4.74 Å². The van der Waals surface area contributed by atoms with E-state index in [-0.39, 0.29) is 11.5 Å². The lowest BCUT2D eigenvalue weighted by molar-refractivity contribution is 0.410. The van der Waals surface area contributed by atoms with Crippen molar-refractivity contribution in [2.45, 2.75) is 12.3 Å². The van der Waals surface area contributed by atoms with Crippen LogP contribution in [-0.4, -0.2) is 10.2 Å². The zero-order valence-electron chi connectivity index (χ0n) is 16.0. The van der Waals surface area contributed by atoms with Gasteiger partial charge in [0.25, 0.3) is 0 Å². The molecule has 0 saturated heterocycles. The fourth-order valence-corrected chi connectivity index (χ4v) is 4.22. The Hall–Kier alpha value is -3.72. The monoisotopic (exact) mass is 380 g/mol. The number of hydrogen-bond acceptors (Lipinski definition) is 3. The molecule has 1 aliphatic heterocycles. The second-order valence-corrected chi connectivity index (χ2v) is 7.53. The molecule has 0 unspecified atom stereocenters. The van der Waals surface area contributed by atoms with Gasteiger partial charge in [0.05, 0.1) is 0 Å². The van der Waals surface area contributed by atoms with Crippen LogP contribution in [0.2, 0.25) is 0 Å². The molecule has 0 amide bonds. The Morgan fingerprint density at radius 1 is 0.621 bits per heavy atom. The molecule has 4 aromatic carbocycles. The van der Waals surface area contributed by atoms with Gasteiger partial charge in [-0.25, -0.2) is 0 Å². The van der Waals surface area contributed by atoms with E-state index in [0.717, 1.165) is 22.3 Å². The fraction of sp³-hybridized carbons (Fsp3) is 0.0769. The Labute approximate surface area is 169 Å². The second kappa shape index (κ2) is 6.42. The molecule has 0 radical (unpaired) electrons. The fourth-order valence-electron chi connectivity index (χ4n) is 4.22. The minimum absolute atomic E-state index is 0.147. The van der Waals surface area contributed by atoms with E-state index in [0.29, 0.717) is 11.5 Å². The van der Waals surface area contributed by atoms with Crippen molar-refractivity contribution in [2.75, 3.05) is 0 Å². The van der Waals surface area contributed by atoms with Gasteiger partial charge < -0.3 is 14.9 Å². The zero-order chi connectivity index (χ0) is 20.0. The molecule has 3 nitrogen and oxygen atoms in total. The van der Waals surface area contributed by atoms with Crippen molar-refractivity contribution in [1.29, 1.82) is 0 Å². The van der Waals surface area contributed by atoms with Crippen LogP contribution in [0.15, 0.2) is 91.0 Å². The molecule has 3 heteroatoms. The van der Waals surface area contributed by atoms with E-state index in [1.807, 2.05) is 30.3 Å². The summed E-state index contributed by atoms with van der Waals surface area (Å²) in [4.78, 5) is 0. The Morgan fingerprint density at radius 2 is 1.14 bits per heavy atom. The van der Waals surface area contributed by atoms with Gasteiger partial charge in [-0.15, -0.1) is 0 Å². The summed E-state index contributed by atoms with van der Waals surface area (Å²) in [6, 6.07) is 29.3. The lowest BCUT2D eigenvalue weighted by atomic mass is 9.69. The van der Waals surface area contributed by atoms with E-state index in [1.54, 1.807) is 24.3 Å². The molecule has 2 N–H and O–H groups in total. The lowest BCUT2D eigenvalue weighted by Gasteiger charge is -2.38. The first-order valence-corrected chi connectivity index (χ1v) is 9.56. The molecule has 0 aliphatic carbocycles. The van der Waals surface area contributed by atoms with Crippen LogP contribution in [0.25, 0.3) is 11.1 Å². The normalized spacial score (nSPS) is 13.8. The molecule has 4 aromatic rings. The Kier molecular flexibility index (Phi) is 3.85. The van der Waals surface area contributed by atoms with Crippen LogP contribution in [-0.2, 0) is 5.41 Å². The van der Waals surface area contributed by atoms with Gasteiger partial charge in [-0.3, -0.25) is 0 Å². The maximum atomic E-state index is 9.96. The Balaban J connectivity index is 1.69. The highest BCUT2D eigenvalue weighted by atomic mass is 16.5. The summed E-state index contributed by atoms with van der Waals surface area (Å²) < 4.78 is 6.03. The second-order valence-electron chi connectivity index (χ2n) is 7.53. The Bertz CT molecular complexity index is 1140. The van der Waals surface area contributed by atoms with Gasteiger partial charge in [0, 0.05) is 28.7 Å². The highest BCUT2D eigenvalue weighted by Gasteiger charge is 2.40. The van der Waals surface area contributed by atoms with Crippen molar-refractivity contribution in [3.8, 4) is 34.1 Å². The molecule has 0 saturated carbocycles. The summed E-state index contributed by atoms with van der Waals surface area (Å²) in [5, 5.41) is 19.9. The first-order valence-electron chi connectivity index (χ1n) is 9.56. The van der Waals surface area contributed by atoms with Gasteiger partial charge in [0.1, 0.15) is 23.0 Å². The molecule has 1 aliphatic rings. The number of phenolic OH excluding ortho intramolecular Hbond substituents is 2. The highest BCUT2D eigenvalue weighted by Crippen LogP contribution is 2.52. The van der Waals surface area contributed by atoms with Gasteiger partial charge in [-0.1, -0.05) is 66.7 Å². The van der Waals surface area contributed by atoms with E-state index >= 15 is 0 Å². The summed E-state index contributed by atoms with van der Waals surface area (Å²) in [6.07, 6.45) is 0. The average molecular weight is 380 g/mol. The Morgan fingerprint density at radius 3 is 1.69 bits per heavy atom. The van der Waals surface area contributed by atoms with E-state index < -0.39 is 5.41 Å². The number of aromatic hydroxyl groups is 2. The molecule has 29 heavy (non-hydrogen) atoms. The van der Waals surface area contributed by atoms with Gasteiger partial charge in [-0.05, 0) is 35.7 Å². The molecule has 0 aromatic heterocycles. The maximum absolute atomic E-state index is 9.96. The van der Waals surface area contributed by atoms with Gasteiger partial charge in [-0.2, -0.15) is 0 Å². The third-order valence-electron chi connectivity index (χ3n) is 5.80. The van der Waals surface area contributed by atoms with Crippen molar-refractivity contribution in [3.05, 3.63) is 108 Å². The summed E-state index contributed by atoms with van der Waals surface area (Å²) >= 11 is 0. The first kappa shape index (κ1) is 17.4. The van der Waals surface area contributed by atoms with Crippen LogP contribution in [0.3, 0.4) is 0 Å². The predicted octanol–water partition coefficient (Wildman–Crippen LogP) is 6.22. The van der Waals surface area contributed by atoms with Gasteiger partial charge in [0.2, 0.25) is 0 Å². The summed E-state index contributed by atoms with van der Waals surface area (Å²) in [7, 11) is 0.